The van der Waals surface area contributed by atoms with Crippen molar-refractivity contribution in [3.8, 4) is 5.75 Å². The van der Waals surface area contributed by atoms with Gasteiger partial charge in [0.15, 0.2) is 0 Å². The molecule has 6 heteroatoms. The molecule has 0 heterocycles. The van der Waals surface area contributed by atoms with Crippen LogP contribution in [0, 0.1) is 6.92 Å². The van der Waals surface area contributed by atoms with E-state index in [4.69, 9.17) is 10.5 Å². The first kappa shape index (κ1) is 13.3. The van der Waals surface area contributed by atoms with E-state index in [1.165, 1.54) is 6.07 Å². The largest absolute Gasteiger partial charge is 0.479 e. The molecule has 0 aliphatic rings. The lowest BCUT2D eigenvalue weighted by molar-refractivity contribution is -0.191. The molecule has 2 nitrogen and oxygen atoms in total. The minimum absolute atomic E-state index is 0.191. The molecule has 0 radical (unpaired) electrons. The second kappa shape index (κ2) is 5.05. The number of hydrogen-bond donors (Lipinski definition) is 1. The van der Waals surface area contributed by atoms with Crippen LogP contribution in [-0.2, 0) is 0 Å². The molecule has 1 atom stereocenters. The first-order valence-electron chi connectivity index (χ1n) is 4.54. The molecule has 0 fully saturated rings. The number of benzene rings is 1. The van der Waals surface area contributed by atoms with Gasteiger partial charge in [-0.1, -0.05) is 15.9 Å². The highest BCUT2D eigenvalue weighted by Crippen LogP contribution is 2.28. The lowest BCUT2D eigenvalue weighted by Crippen LogP contribution is -2.40. The zero-order valence-corrected chi connectivity index (χ0v) is 10.1. The van der Waals surface area contributed by atoms with Crippen molar-refractivity contribution >= 4 is 15.9 Å². The molecule has 1 aromatic carbocycles. The van der Waals surface area contributed by atoms with Gasteiger partial charge in [0.2, 0.25) is 6.10 Å². The number of nitrogens with two attached hydrogens (primary N) is 1. The van der Waals surface area contributed by atoms with Gasteiger partial charge in [-0.2, -0.15) is 13.2 Å². The molecule has 90 valence electrons. The summed E-state index contributed by atoms with van der Waals surface area (Å²) in [5, 5.41) is 0. The zero-order valence-electron chi connectivity index (χ0n) is 8.51. The van der Waals surface area contributed by atoms with E-state index in [1.807, 2.05) is 0 Å². The van der Waals surface area contributed by atoms with Crippen LogP contribution in [-0.4, -0.2) is 18.8 Å². The van der Waals surface area contributed by atoms with Gasteiger partial charge in [-0.05, 0) is 30.7 Å². The van der Waals surface area contributed by atoms with E-state index < -0.39 is 18.8 Å². The normalized spacial score (nSPS) is 13.6. The van der Waals surface area contributed by atoms with Crippen LogP contribution in [0.2, 0.25) is 0 Å². The molecule has 1 aromatic rings. The smallest absolute Gasteiger partial charge is 0.426 e. The highest BCUT2D eigenvalue weighted by Gasteiger charge is 2.40. The van der Waals surface area contributed by atoms with Crippen molar-refractivity contribution in [2.24, 2.45) is 5.73 Å². The summed E-state index contributed by atoms with van der Waals surface area (Å²) < 4.78 is 42.8. The van der Waals surface area contributed by atoms with E-state index in [1.54, 1.807) is 19.1 Å². The van der Waals surface area contributed by atoms with Gasteiger partial charge in [0.25, 0.3) is 0 Å². The average molecular weight is 298 g/mol. The third-order valence-corrected chi connectivity index (χ3v) is 2.48. The van der Waals surface area contributed by atoms with Crippen molar-refractivity contribution in [1.82, 2.24) is 0 Å². The fourth-order valence-corrected chi connectivity index (χ4v) is 1.62. The maximum absolute atomic E-state index is 12.4. The van der Waals surface area contributed by atoms with E-state index in [9.17, 15) is 13.2 Å². The summed E-state index contributed by atoms with van der Waals surface area (Å²) in [6.45, 7) is 1.07. The second-order valence-corrected chi connectivity index (χ2v) is 4.21. The maximum atomic E-state index is 12.4. The number of hydrogen-bond acceptors (Lipinski definition) is 2. The Balaban J connectivity index is 2.86. The SMILES string of the molecule is Cc1cc(Br)ccc1OC(CN)C(F)(F)F. The molecule has 1 rings (SSSR count). The number of aryl methyl sites for hydroxylation is 1. The van der Waals surface area contributed by atoms with Gasteiger partial charge >= 0.3 is 6.18 Å². The van der Waals surface area contributed by atoms with Crippen LogP contribution in [0.15, 0.2) is 22.7 Å². The number of rotatable bonds is 3. The van der Waals surface area contributed by atoms with Gasteiger partial charge in [0, 0.05) is 11.0 Å². The Hall–Kier alpha value is -0.750. The Labute approximate surface area is 99.7 Å². The molecule has 0 amide bonds. The van der Waals surface area contributed by atoms with Gasteiger partial charge < -0.3 is 10.5 Å². The molecule has 2 N–H and O–H groups in total. The van der Waals surface area contributed by atoms with Crippen molar-refractivity contribution in [2.75, 3.05) is 6.54 Å². The van der Waals surface area contributed by atoms with Crippen LogP contribution < -0.4 is 10.5 Å². The van der Waals surface area contributed by atoms with Gasteiger partial charge in [0.05, 0.1) is 0 Å². The van der Waals surface area contributed by atoms with Crippen molar-refractivity contribution < 1.29 is 17.9 Å². The predicted octanol–water partition coefficient (Wildman–Crippen LogP) is 3.03. The summed E-state index contributed by atoms with van der Waals surface area (Å²) in [5.41, 5.74) is 5.65. The maximum Gasteiger partial charge on any atom is 0.426 e. The quantitative estimate of drug-likeness (QED) is 0.931. The standard InChI is InChI=1S/C10H11BrF3NO/c1-6-4-7(11)2-3-8(6)16-9(5-15)10(12,13)14/h2-4,9H,5,15H2,1H3. The third kappa shape index (κ3) is 3.38. The highest BCUT2D eigenvalue weighted by molar-refractivity contribution is 9.10. The second-order valence-electron chi connectivity index (χ2n) is 3.29. The molecule has 0 bridgehead atoms. The van der Waals surface area contributed by atoms with Crippen LogP contribution >= 0.6 is 15.9 Å². The molecule has 0 aliphatic carbocycles. The van der Waals surface area contributed by atoms with Crippen LogP contribution in [0.5, 0.6) is 5.75 Å². The number of halogens is 4. The zero-order chi connectivity index (χ0) is 12.3. The van der Waals surface area contributed by atoms with Crippen molar-refractivity contribution in [3.05, 3.63) is 28.2 Å². The summed E-state index contributed by atoms with van der Waals surface area (Å²) in [6.07, 6.45) is -6.42. The molecular formula is C10H11BrF3NO. The van der Waals surface area contributed by atoms with E-state index in [0.717, 1.165) is 4.47 Å². The topological polar surface area (TPSA) is 35.2 Å². The average Bonchev–Trinajstić information content (AvgIpc) is 2.14. The summed E-state index contributed by atoms with van der Waals surface area (Å²) in [6, 6.07) is 4.78. The Morgan fingerprint density at radius 2 is 2.06 bits per heavy atom. The fourth-order valence-electron chi connectivity index (χ4n) is 1.15. The van der Waals surface area contributed by atoms with Gasteiger partial charge in [-0.15, -0.1) is 0 Å². The van der Waals surface area contributed by atoms with Gasteiger partial charge in [0.1, 0.15) is 5.75 Å². The third-order valence-electron chi connectivity index (χ3n) is 1.99. The van der Waals surface area contributed by atoms with Crippen LogP contribution in [0.3, 0.4) is 0 Å². The fraction of sp³-hybridized carbons (Fsp3) is 0.400. The molecule has 1 unspecified atom stereocenters. The molecule has 16 heavy (non-hydrogen) atoms. The molecule has 0 saturated heterocycles. The van der Waals surface area contributed by atoms with Gasteiger partial charge in [-0.3, -0.25) is 0 Å². The van der Waals surface area contributed by atoms with E-state index in [2.05, 4.69) is 15.9 Å². The Morgan fingerprint density at radius 3 is 2.50 bits per heavy atom. The summed E-state index contributed by atoms with van der Waals surface area (Å²) >= 11 is 3.22. The first-order chi connectivity index (χ1) is 7.34. The van der Waals surface area contributed by atoms with Crippen LogP contribution in [0.25, 0.3) is 0 Å². The minimum atomic E-state index is -4.45. The molecule has 0 aromatic heterocycles. The van der Waals surface area contributed by atoms with E-state index >= 15 is 0 Å². The van der Waals surface area contributed by atoms with Crippen molar-refractivity contribution in [3.63, 3.8) is 0 Å². The summed E-state index contributed by atoms with van der Waals surface area (Å²) in [5.74, 6) is 0.191. The molecule has 0 spiro atoms. The Morgan fingerprint density at radius 1 is 1.44 bits per heavy atom. The lowest BCUT2D eigenvalue weighted by Gasteiger charge is -2.21. The molecule has 0 aliphatic heterocycles. The minimum Gasteiger partial charge on any atom is -0.479 e. The lowest BCUT2D eigenvalue weighted by atomic mass is 10.2. The summed E-state index contributed by atoms with van der Waals surface area (Å²) in [4.78, 5) is 0. The monoisotopic (exact) mass is 297 g/mol. The Bertz CT molecular complexity index is 368. The van der Waals surface area contributed by atoms with Crippen molar-refractivity contribution in [1.29, 1.82) is 0 Å². The number of ether oxygens (including phenoxy) is 1. The summed E-state index contributed by atoms with van der Waals surface area (Å²) in [7, 11) is 0. The van der Waals surface area contributed by atoms with Gasteiger partial charge in [-0.25, -0.2) is 0 Å². The Kier molecular flexibility index (Phi) is 4.21. The molecular weight excluding hydrogens is 287 g/mol. The van der Waals surface area contributed by atoms with Crippen LogP contribution in [0.1, 0.15) is 5.56 Å². The van der Waals surface area contributed by atoms with E-state index in [-0.39, 0.29) is 5.75 Å². The highest BCUT2D eigenvalue weighted by atomic mass is 79.9. The van der Waals surface area contributed by atoms with Crippen LogP contribution in [0.4, 0.5) is 13.2 Å². The van der Waals surface area contributed by atoms with E-state index in [0.29, 0.717) is 5.56 Å². The first-order valence-corrected chi connectivity index (χ1v) is 5.33. The number of alkyl halides is 3. The molecule has 0 saturated carbocycles. The van der Waals surface area contributed by atoms with Crippen molar-refractivity contribution in [2.45, 2.75) is 19.2 Å². The predicted molar refractivity (Wildman–Crippen MR) is 58.4 cm³/mol.